The maximum absolute atomic E-state index is 4.43. The quantitative estimate of drug-likeness (QED) is 0.773. The first kappa shape index (κ1) is 13.3. The van der Waals surface area contributed by atoms with Crippen molar-refractivity contribution in [3.05, 3.63) is 66.7 Å². The molecular formula is C18H17N3. The van der Waals surface area contributed by atoms with Crippen molar-refractivity contribution >= 4 is 5.82 Å². The average Bonchev–Trinajstić information content (AvgIpc) is 2.57. The van der Waals surface area contributed by atoms with Crippen LogP contribution in [0.1, 0.15) is 6.92 Å². The van der Waals surface area contributed by atoms with Crippen LogP contribution in [0.5, 0.6) is 0 Å². The lowest BCUT2D eigenvalue weighted by Gasteiger charge is -2.11. The van der Waals surface area contributed by atoms with Crippen molar-refractivity contribution in [1.29, 1.82) is 0 Å². The van der Waals surface area contributed by atoms with Gasteiger partial charge >= 0.3 is 0 Å². The van der Waals surface area contributed by atoms with Crippen LogP contribution in [0.25, 0.3) is 22.4 Å². The number of anilines is 1. The number of hydrogen-bond acceptors (Lipinski definition) is 3. The van der Waals surface area contributed by atoms with Crippen molar-refractivity contribution in [2.24, 2.45) is 0 Å². The van der Waals surface area contributed by atoms with Crippen LogP contribution >= 0.6 is 0 Å². The Bertz CT molecular complexity index is 709. The van der Waals surface area contributed by atoms with Crippen LogP contribution in [-0.4, -0.2) is 16.7 Å². The zero-order valence-electron chi connectivity index (χ0n) is 12.0. The van der Waals surface area contributed by atoms with Crippen molar-refractivity contribution in [3.63, 3.8) is 0 Å². The van der Waals surface area contributed by atoms with E-state index in [1.807, 2.05) is 36.4 Å². The van der Waals surface area contributed by atoms with E-state index in [4.69, 9.17) is 0 Å². The minimum Gasteiger partial charge on any atom is -0.369 e. The van der Waals surface area contributed by atoms with E-state index in [2.05, 4.69) is 52.8 Å². The van der Waals surface area contributed by atoms with Gasteiger partial charge in [-0.2, -0.15) is 0 Å². The molecule has 3 nitrogen and oxygen atoms in total. The van der Waals surface area contributed by atoms with Gasteiger partial charge in [0.05, 0.1) is 0 Å². The van der Waals surface area contributed by atoms with Gasteiger partial charge in [0.2, 0.25) is 0 Å². The van der Waals surface area contributed by atoms with Crippen molar-refractivity contribution in [3.8, 4) is 22.4 Å². The van der Waals surface area contributed by atoms with Gasteiger partial charge in [-0.25, -0.2) is 0 Å². The second-order valence-corrected chi connectivity index (χ2v) is 4.75. The first-order chi connectivity index (χ1) is 10.4. The van der Waals surface area contributed by atoms with Gasteiger partial charge in [0.1, 0.15) is 11.5 Å². The van der Waals surface area contributed by atoms with Gasteiger partial charge in [-0.1, -0.05) is 60.7 Å². The van der Waals surface area contributed by atoms with Crippen LogP contribution in [0.3, 0.4) is 0 Å². The summed E-state index contributed by atoms with van der Waals surface area (Å²) in [5, 5.41) is 11.9. The van der Waals surface area contributed by atoms with E-state index in [9.17, 15) is 0 Å². The molecule has 0 fully saturated rings. The Morgan fingerprint density at radius 2 is 1.43 bits per heavy atom. The molecule has 0 saturated heterocycles. The van der Waals surface area contributed by atoms with E-state index in [0.717, 1.165) is 34.7 Å². The molecule has 3 heteroatoms. The molecule has 1 aromatic heterocycles. The molecule has 0 bridgehead atoms. The normalized spacial score (nSPS) is 10.3. The molecule has 0 amide bonds. The molecule has 21 heavy (non-hydrogen) atoms. The van der Waals surface area contributed by atoms with E-state index in [-0.39, 0.29) is 0 Å². The minimum atomic E-state index is 0.802. The smallest absolute Gasteiger partial charge is 0.149 e. The summed E-state index contributed by atoms with van der Waals surface area (Å²) in [7, 11) is 0. The van der Waals surface area contributed by atoms with E-state index >= 15 is 0 Å². The zero-order chi connectivity index (χ0) is 14.5. The van der Waals surface area contributed by atoms with Crippen LogP contribution in [0.2, 0.25) is 0 Å². The molecule has 0 aliphatic heterocycles. The Morgan fingerprint density at radius 1 is 0.810 bits per heavy atom. The third kappa shape index (κ3) is 2.92. The van der Waals surface area contributed by atoms with Gasteiger partial charge < -0.3 is 5.32 Å². The number of nitrogens with one attached hydrogen (secondary N) is 1. The van der Waals surface area contributed by atoms with Crippen molar-refractivity contribution in [2.75, 3.05) is 11.9 Å². The predicted molar refractivity (Wildman–Crippen MR) is 87.1 cm³/mol. The van der Waals surface area contributed by atoms with Gasteiger partial charge in [-0.3, -0.25) is 0 Å². The Kier molecular flexibility index (Phi) is 3.92. The van der Waals surface area contributed by atoms with E-state index in [1.54, 1.807) is 0 Å². The standard InChI is InChI=1S/C18H17N3/c1-2-19-17-13-16(14-9-5-3-6-10-14)18(21-20-17)15-11-7-4-8-12-15/h3-13H,2H2,1H3,(H,19,20). The number of nitrogens with zero attached hydrogens (tertiary/aromatic N) is 2. The summed E-state index contributed by atoms with van der Waals surface area (Å²) in [5.74, 6) is 0.802. The van der Waals surface area contributed by atoms with Gasteiger partial charge in [-0.05, 0) is 18.6 Å². The van der Waals surface area contributed by atoms with Crippen LogP contribution in [0.15, 0.2) is 66.7 Å². The maximum Gasteiger partial charge on any atom is 0.149 e. The third-order valence-corrected chi connectivity index (χ3v) is 3.28. The Balaban J connectivity index is 2.16. The summed E-state index contributed by atoms with van der Waals surface area (Å²) in [6.07, 6.45) is 0. The molecule has 3 rings (SSSR count). The fourth-order valence-corrected chi connectivity index (χ4v) is 2.31. The lowest BCUT2D eigenvalue weighted by atomic mass is 10.00. The zero-order valence-corrected chi connectivity index (χ0v) is 12.0. The second-order valence-electron chi connectivity index (χ2n) is 4.75. The molecule has 0 radical (unpaired) electrons. The highest BCUT2D eigenvalue weighted by molar-refractivity contribution is 5.81. The van der Waals surface area contributed by atoms with Gasteiger partial charge in [-0.15, -0.1) is 10.2 Å². The Morgan fingerprint density at radius 3 is 2.05 bits per heavy atom. The number of benzene rings is 2. The summed E-state index contributed by atoms with van der Waals surface area (Å²) in [4.78, 5) is 0. The molecule has 1 heterocycles. The highest BCUT2D eigenvalue weighted by Gasteiger charge is 2.11. The Hall–Kier alpha value is -2.68. The van der Waals surface area contributed by atoms with E-state index < -0.39 is 0 Å². The van der Waals surface area contributed by atoms with Crippen molar-refractivity contribution in [1.82, 2.24) is 10.2 Å². The summed E-state index contributed by atoms with van der Waals surface area (Å²) in [5.41, 5.74) is 4.22. The lowest BCUT2D eigenvalue weighted by Crippen LogP contribution is -2.02. The summed E-state index contributed by atoms with van der Waals surface area (Å²) < 4.78 is 0. The van der Waals surface area contributed by atoms with Crippen molar-refractivity contribution < 1.29 is 0 Å². The maximum atomic E-state index is 4.43. The molecule has 0 aliphatic rings. The summed E-state index contributed by atoms with van der Waals surface area (Å²) in [6.45, 7) is 2.88. The average molecular weight is 275 g/mol. The first-order valence-electron chi connectivity index (χ1n) is 7.11. The largest absolute Gasteiger partial charge is 0.369 e. The van der Waals surface area contributed by atoms with Crippen molar-refractivity contribution in [2.45, 2.75) is 6.92 Å². The van der Waals surface area contributed by atoms with Gasteiger partial charge in [0, 0.05) is 17.7 Å². The molecule has 1 N–H and O–H groups in total. The third-order valence-electron chi connectivity index (χ3n) is 3.28. The number of rotatable bonds is 4. The predicted octanol–water partition coefficient (Wildman–Crippen LogP) is 4.24. The molecule has 2 aromatic carbocycles. The summed E-state index contributed by atoms with van der Waals surface area (Å²) >= 11 is 0. The van der Waals surface area contributed by atoms with Gasteiger partial charge in [0.15, 0.2) is 0 Å². The fourth-order valence-electron chi connectivity index (χ4n) is 2.31. The van der Waals surface area contributed by atoms with Crippen LogP contribution < -0.4 is 5.32 Å². The molecule has 0 saturated carbocycles. The van der Waals surface area contributed by atoms with Crippen LogP contribution in [0.4, 0.5) is 5.82 Å². The first-order valence-corrected chi connectivity index (χ1v) is 7.11. The van der Waals surface area contributed by atoms with E-state index in [0.29, 0.717) is 0 Å². The number of hydrogen-bond donors (Lipinski definition) is 1. The highest BCUT2D eigenvalue weighted by atomic mass is 15.2. The molecule has 104 valence electrons. The number of aromatic nitrogens is 2. The molecule has 0 aliphatic carbocycles. The molecular weight excluding hydrogens is 258 g/mol. The van der Waals surface area contributed by atoms with Crippen LogP contribution in [0, 0.1) is 0 Å². The van der Waals surface area contributed by atoms with E-state index in [1.165, 1.54) is 0 Å². The lowest BCUT2D eigenvalue weighted by molar-refractivity contribution is 1.02. The second kappa shape index (κ2) is 6.18. The molecule has 3 aromatic rings. The topological polar surface area (TPSA) is 37.8 Å². The van der Waals surface area contributed by atoms with Crippen LogP contribution in [-0.2, 0) is 0 Å². The fraction of sp³-hybridized carbons (Fsp3) is 0.111. The monoisotopic (exact) mass is 275 g/mol. The minimum absolute atomic E-state index is 0.802. The molecule has 0 unspecified atom stereocenters. The Labute approximate surface area is 124 Å². The SMILES string of the molecule is CCNc1cc(-c2ccccc2)c(-c2ccccc2)nn1. The highest BCUT2D eigenvalue weighted by Crippen LogP contribution is 2.31. The molecule has 0 spiro atoms. The van der Waals surface area contributed by atoms with Gasteiger partial charge in [0.25, 0.3) is 0 Å². The summed E-state index contributed by atoms with van der Waals surface area (Å²) in [6, 6.07) is 22.5. The molecule has 0 atom stereocenters.